The molecule has 4 aromatic rings. The van der Waals surface area contributed by atoms with Crippen LogP contribution in [-0.4, -0.2) is 41.8 Å². The van der Waals surface area contributed by atoms with Gasteiger partial charge < -0.3 is 0 Å². The van der Waals surface area contributed by atoms with Gasteiger partial charge in [-0.3, -0.25) is 0 Å². The minimum absolute atomic E-state index is 0.0722. The zero-order valence-corrected chi connectivity index (χ0v) is 21.9. The molecule has 0 bridgehead atoms. The van der Waals surface area contributed by atoms with Crippen molar-refractivity contribution in [3.8, 4) is 0 Å². The van der Waals surface area contributed by atoms with Crippen molar-refractivity contribution >= 4 is 76.8 Å². The number of nitrogens with one attached hydrogen (secondary N) is 2. The van der Waals surface area contributed by atoms with Gasteiger partial charge in [-0.05, 0) is 6.07 Å². The Hall–Kier alpha value is -3.03. The molecular formula is C25H19Cl2N3O4Se. The number of rotatable bonds is 5. The molecule has 0 saturated heterocycles. The van der Waals surface area contributed by atoms with Crippen molar-refractivity contribution in [1.29, 1.82) is 0 Å². The van der Waals surface area contributed by atoms with E-state index in [0.717, 1.165) is 4.26 Å². The number of esters is 1. The Labute approximate surface area is 216 Å². The monoisotopic (exact) mass is 575 g/mol. The summed E-state index contributed by atoms with van der Waals surface area (Å²) in [6.45, 7) is 3.95. The molecule has 0 radical (unpaired) electrons. The number of carbonyl (C=O) groups excluding carboxylic acids is 2. The Morgan fingerprint density at radius 1 is 1.17 bits per heavy atom. The van der Waals surface area contributed by atoms with Gasteiger partial charge >= 0.3 is 188 Å². The van der Waals surface area contributed by atoms with Gasteiger partial charge in [-0.1, -0.05) is 17.7 Å². The Kier molecular flexibility index (Phi) is 6.23. The van der Waals surface area contributed by atoms with Crippen LogP contribution < -0.4 is 10.9 Å². The summed E-state index contributed by atoms with van der Waals surface area (Å²) in [6.07, 6.45) is 1.71. The molecule has 2 N–H and O–H groups in total. The first-order valence-electron chi connectivity index (χ1n) is 10.7. The number of nitrogens with zero attached hydrogens (tertiary/aromatic N) is 1. The molecule has 0 fully saturated rings. The van der Waals surface area contributed by atoms with Gasteiger partial charge in [0.25, 0.3) is 0 Å². The zero-order valence-electron chi connectivity index (χ0n) is 18.7. The fourth-order valence-corrected chi connectivity index (χ4v) is 6.58. The third-order valence-corrected chi connectivity index (χ3v) is 8.79. The third-order valence-electron chi connectivity index (χ3n) is 5.89. The number of aromatic amines is 1. The molecule has 5 rings (SSSR count). The summed E-state index contributed by atoms with van der Waals surface area (Å²) in [7, 11) is 0. The number of ether oxygens (including phenoxy) is 1. The van der Waals surface area contributed by atoms with Crippen LogP contribution in [0.25, 0.3) is 21.3 Å². The van der Waals surface area contributed by atoms with E-state index < -0.39 is 5.97 Å². The molecule has 1 amide bonds. The molecular weight excluding hydrogens is 556 g/mol. The van der Waals surface area contributed by atoms with Crippen molar-refractivity contribution in [2.75, 3.05) is 11.9 Å². The first kappa shape index (κ1) is 23.7. The molecule has 1 aliphatic rings. The molecule has 10 heteroatoms. The molecule has 7 nitrogen and oxygen atoms in total. The van der Waals surface area contributed by atoms with Crippen molar-refractivity contribution in [2.45, 2.75) is 20.4 Å². The topological polar surface area (TPSA) is 93.2 Å². The van der Waals surface area contributed by atoms with Crippen molar-refractivity contribution in [1.82, 2.24) is 8.55 Å². The molecule has 1 aliphatic heterocycles. The number of carbonyl (C=O) groups is 2. The van der Waals surface area contributed by atoms with E-state index in [2.05, 4.69) is 10.3 Å². The predicted molar refractivity (Wildman–Crippen MR) is 139 cm³/mol. The van der Waals surface area contributed by atoms with Crippen molar-refractivity contribution in [3.63, 3.8) is 0 Å². The Morgan fingerprint density at radius 3 is 2.77 bits per heavy atom. The van der Waals surface area contributed by atoms with E-state index >= 15 is 0 Å². The standard InChI is InChI=1S/C25H19Cl2N3O4Se/c1-12-19(11-16-15-4-3-5-18(27)22(15)29-23(16)31)28-13(2)21(12)25(33)34-9-8-30-24(32)17-10-14(26)6-7-20(17)35-30/h3-7,10-11,28H,8-9H2,1-2H3,(H,29,31)/b16-11-. The molecule has 0 unspecified atom stereocenters. The number of aromatic nitrogens is 2. The number of benzene rings is 2. The number of para-hydroxylation sites is 1. The number of anilines is 1. The van der Waals surface area contributed by atoms with E-state index in [4.69, 9.17) is 27.9 Å². The molecule has 2 aromatic carbocycles. The van der Waals surface area contributed by atoms with Gasteiger partial charge in [0.2, 0.25) is 0 Å². The second kappa shape index (κ2) is 9.21. The van der Waals surface area contributed by atoms with Crippen LogP contribution in [0, 0.1) is 13.8 Å². The van der Waals surface area contributed by atoms with Crippen LogP contribution in [0.4, 0.5) is 5.69 Å². The molecule has 2 aromatic heterocycles. The number of hydrogen-bond donors (Lipinski definition) is 2. The molecule has 35 heavy (non-hydrogen) atoms. The van der Waals surface area contributed by atoms with E-state index in [1.165, 1.54) is 0 Å². The summed E-state index contributed by atoms with van der Waals surface area (Å²) in [5.74, 6) is -0.747. The average molecular weight is 575 g/mol. The van der Waals surface area contributed by atoms with Crippen molar-refractivity contribution < 1.29 is 14.3 Å². The number of fused-ring (bicyclic) bond motifs is 2. The first-order chi connectivity index (χ1) is 16.7. The van der Waals surface area contributed by atoms with Crippen LogP contribution in [0.3, 0.4) is 0 Å². The van der Waals surface area contributed by atoms with E-state index in [0.29, 0.717) is 61.3 Å². The van der Waals surface area contributed by atoms with Crippen LogP contribution in [-0.2, 0) is 16.1 Å². The maximum atomic E-state index is 12.9. The maximum absolute atomic E-state index is 12.9. The fraction of sp³-hybridized carbons (Fsp3) is 0.160. The number of H-pyrrole nitrogens is 1. The van der Waals surface area contributed by atoms with Crippen LogP contribution in [0.1, 0.15) is 32.9 Å². The summed E-state index contributed by atoms with van der Waals surface area (Å²) in [5.41, 5.74) is 4.00. The van der Waals surface area contributed by atoms with E-state index in [9.17, 15) is 14.4 Å². The second-order valence-corrected chi connectivity index (χ2v) is 11.2. The van der Waals surface area contributed by atoms with E-state index in [1.807, 2.05) is 12.1 Å². The third kappa shape index (κ3) is 4.28. The summed E-state index contributed by atoms with van der Waals surface area (Å²) >= 11 is 12.0. The number of amides is 1. The Bertz CT molecular complexity index is 1610. The minimum atomic E-state index is -0.486. The summed E-state index contributed by atoms with van der Waals surface area (Å²) in [6, 6.07) is 10.6. The Balaban J connectivity index is 1.34. The molecule has 0 aliphatic carbocycles. The Morgan fingerprint density at radius 2 is 1.97 bits per heavy atom. The van der Waals surface area contributed by atoms with Gasteiger partial charge in [0.1, 0.15) is 0 Å². The van der Waals surface area contributed by atoms with Crippen molar-refractivity contribution in [2.24, 2.45) is 0 Å². The zero-order chi connectivity index (χ0) is 24.9. The molecule has 0 atom stereocenters. The van der Waals surface area contributed by atoms with Gasteiger partial charge in [-0.25, -0.2) is 0 Å². The second-order valence-electron chi connectivity index (χ2n) is 8.11. The number of halogens is 2. The van der Waals surface area contributed by atoms with Gasteiger partial charge in [-0.15, -0.1) is 0 Å². The van der Waals surface area contributed by atoms with Crippen LogP contribution in [0.5, 0.6) is 0 Å². The summed E-state index contributed by atoms with van der Waals surface area (Å²) < 4.78 is 8.17. The van der Waals surface area contributed by atoms with Crippen molar-refractivity contribution in [3.05, 3.63) is 84.9 Å². The molecule has 178 valence electrons. The van der Waals surface area contributed by atoms with E-state index in [-0.39, 0.29) is 32.8 Å². The summed E-state index contributed by atoms with van der Waals surface area (Å²) in [4.78, 5) is 41.2. The summed E-state index contributed by atoms with van der Waals surface area (Å²) in [5, 5.41) is 4.38. The van der Waals surface area contributed by atoms with Gasteiger partial charge in [0, 0.05) is 0 Å². The SMILES string of the molecule is Cc1[nH]c(/C=C2\C(=O)Nc3c(Cl)cccc32)c(C)c1C(=O)OCCn1[se]c2ccc(Cl)cc2c1=O. The van der Waals surface area contributed by atoms with Gasteiger partial charge in [0.05, 0.1) is 5.02 Å². The average Bonchev–Trinajstić information content (AvgIpc) is 3.41. The van der Waals surface area contributed by atoms with Crippen LogP contribution >= 0.6 is 23.2 Å². The molecule has 0 saturated carbocycles. The number of aryl methyl sites for hydroxylation is 1. The number of hydrogen-bond acceptors (Lipinski definition) is 4. The first-order valence-corrected chi connectivity index (χ1v) is 13.1. The van der Waals surface area contributed by atoms with Crippen LogP contribution in [0.15, 0.2) is 41.2 Å². The fourth-order valence-electron chi connectivity index (χ4n) is 4.18. The van der Waals surface area contributed by atoms with Crippen LogP contribution in [0.2, 0.25) is 10.0 Å². The molecule has 0 spiro atoms. The molecule has 3 heterocycles. The van der Waals surface area contributed by atoms with E-state index in [1.54, 1.807) is 47.8 Å². The van der Waals surface area contributed by atoms with Gasteiger partial charge in [0.15, 0.2) is 0 Å². The quantitative estimate of drug-likeness (QED) is 0.206. The van der Waals surface area contributed by atoms with Gasteiger partial charge in [-0.2, -0.15) is 0 Å². The predicted octanol–water partition coefficient (Wildman–Crippen LogP) is 4.66. The normalized spacial score (nSPS) is 13.9.